The summed E-state index contributed by atoms with van der Waals surface area (Å²) >= 11 is 0. The van der Waals surface area contributed by atoms with Gasteiger partial charge in [-0.25, -0.2) is 0 Å². The van der Waals surface area contributed by atoms with Crippen LogP contribution in [-0.4, -0.2) is 34.7 Å². The van der Waals surface area contributed by atoms with E-state index in [2.05, 4.69) is 0 Å². The van der Waals surface area contributed by atoms with Crippen molar-refractivity contribution < 1.29 is 19.4 Å². The monoisotopic (exact) mass is 275 g/mol. The molecule has 2 bridgehead atoms. The predicted octanol–water partition coefficient (Wildman–Crippen LogP) is 1.83. The van der Waals surface area contributed by atoms with Gasteiger partial charge in [0, 0.05) is 25.8 Å². The number of amides is 1. The predicted molar refractivity (Wildman–Crippen MR) is 71.3 cm³/mol. The molecule has 5 heteroatoms. The number of ether oxygens (including phenoxy) is 1. The molecule has 2 aliphatic heterocycles. The normalized spacial score (nSPS) is 31.5. The van der Waals surface area contributed by atoms with Crippen LogP contribution in [-0.2, 0) is 9.59 Å². The lowest BCUT2D eigenvalue weighted by atomic mass is 9.73. The molecule has 0 aliphatic carbocycles. The quantitative estimate of drug-likeness (QED) is 0.836. The number of carbonyl (C=O) groups excluding carboxylic acids is 1. The molecule has 1 saturated heterocycles. The van der Waals surface area contributed by atoms with Gasteiger partial charge in [0.1, 0.15) is 11.7 Å². The van der Waals surface area contributed by atoms with Crippen molar-refractivity contribution in [2.45, 2.75) is 31.4 Å². The second-order valence-electron chi connectivity index (χ2n) is 5.46. The average molecular weight is 275 g/mol. The number of carboxylic acids is 1. The Balaban J connectivity index is 2.18. The summed E-state index contributed by atoms with van der Waals surface area (Å²) in [6.45, 7) is 1.95. The van der Waals surface area contributed by atoms with Gasteiger partial charge in [0.05, 0.1) is 0 Å². The van der Waals surface area contributed by atoms with Crippen LogP contribution in [0, 0.1) is 5.92 Å². The Kier molecular flexibility index (Phi) is 2.74. The van der Waals surface area contributed by atoms with E-state index in [0.717, 1.165) is 5.56 Å². The highest BCUT2D eigenvalue weighted by atomic mass is 16.5. The fraction of sp³-hybridized carbons (Fsp3) is 0.467. The second kappa shape index (κ2) is 4.23. The molecule has 1 aromatic carbocycles. The number of likely N-dealkylation sites (tertiary alicyclic amines) is 1. The van der Waals surface area contributed by atoms with Crippen LogP contribution in [0.2, 0.25) is 0 Å². The summed E-state index contributed by atoms with van der Waals surface area (Å²) in [6, 6.07) is 7.41. The number of para-hydroxylation sites is 1. The Hall–Kier alpha value is -2.04. The molecule has 0 radical (unpaired) electrons. The number of hydrogen-bond donors (Lipinski definition) is 1. The lowest BCUT2D eigenvalue weighted by Gasteiger charge is -2.52. The topological polar surface area (TPSA) is 66.8 Å². The molecule has 20 heavy (non-hydrogen) atoms. The molecule has 2 aliphatic rings. The molecule has 0 aromatic heterocycles. The molecule has 3 rings (SSSR count). The van der Waals surface area contributed by atoms with Gasteiger partial charge in [-0.1, -0.05) is 25.1 Å². The summed E-state index contributed by atoms with van der Waals surface area (Å²) in [7, 11) is 1.63. The number of carboxylic acid groups (broad SMARTS) is 1. The smallest absolute Gasteiger partial charge is 0.316 e. The Labute approximate surface area is 117 Å². The fourth-order valence-corrected chi connectivity index (χ4v) is 3.40. The van der Waals surface area contributed by atoms with Crippen molar-refractivity contribution in [2.24, 2.45) is 5.92 Å². The first-order valence-corrected chi connectivity index (χ1v) is 6.78. The molecule has 0 saturated carbocycles. The van der Waals surface area contributed by atoms with Gasteiger partial charge in [-0.2, -0.15) is 0 Å². The minimum absolute atomic E-state index is 0.318. The van der Waals surface area contributed by atoms with Crippen LogP contribution in [0.5, 0.6) is 5.75 Å². The van der Waals surface area contributed by atoms with Gasteiger partial charge >= 0.3 is 5.97 Å². The maximum absolute atomic E-state index is 12.4. The van der Waals surface area contributed by atoms with Gasteiger partial charge in [0.15, 0.2) is 5.72 Å². The van der Waals surface area contributed by atoms with E-state index in [1.807, 2.05) is 31.2 Å². The highest BCUT2D eigenvalue weighted by molar-refractivity contribution is 5.99. The summed E-state index contributed by atoms with van der Waals surface area (Å²) in [5.41, 5.74) is 0.104. The van der Waals surface area contributed by atoms with Gasteiger partial charge in [-0.3, -0.25) is 9.59 Å². The molecular formula is C15H17NO4. The highest BCUT2D eigenvalue weighted by Gasteiger charge is 2.56. The zero-order valence-corrected chi connectivity index (χ0v) is 11.5. The van der Waals surface area contributed by atoms with Crippen molar-refractivity contribution in [3.05, 3.63) is 29.8 Å². The number of aliphatic carboxylic acids is 1. The molecule has 1 fully saturated rings. The minimum atomic E-state index is -1.06. The van der Waals surface area contributed by atoms with E-state index >= 15 is 0 Å². The van der Waals surface area contributed by atoms with Crippen LogP contribution in [0.1, 0.15) is 31.2 Å². The third-order valence-electron chi connectivity index (χ3n) is 4.59. The summed E-state index contributed by atoms with van der Waals surface area (Å²) < 4.78 is 6.06. The number of rotatable bonds is 2. The first kappa shape index (κ1) is 13.0. The highest BCUT2D eigenvalue weighted by Crippen LogP contribution is 2.50. The van der Waals surface area contributed by atoms with Crippen LogP contribution in [0.25, 0.3) is 0 Å². The summed E-state index contributed by atoms with van der Waals surface area (Å²) in [4.78, 5) is 25.4. The maximum Gasteiger partial charge on any atom is 0.316 e. The molecule has 106 valence electrons. The van der Waals surface area contributed by atoms with E-state index < -0.39 is 17.6 Å². The minimum Gasteiger partial charge on any atom is -0.481 e. The van der Waals surface area contributed by atoms with E-state index in [9.17, 15) is 14.7 Å². The molecule has 1 aromatic rings. The SMILES string of the molecule is CC[C@]12C[C@H](c3ccccc3O1)[C@H](C(=O)O)C(=O)N2C. The zero-order chi connectivity index (χ0) is 14.5. The average Bonchev–Trinajstić information content (AvgIpc) is 2.44. The van der Waals surface area contributed by atoms with Crippen molar-refractivity contribution in [1.29, 1.82) is 0 Å². The summed E-state index contributed by atoms with van der Waals surface area (Å²) in [6.07, 6.45) is 1.16. The van der Waals surface area contributed by atoms with Crippen molar-refractivity contribution in [3.63, 3.8) is 0 Å². The molecule has 0 spiro atoms. The lowest BCUT2D eigenvalue weighted by Crippen LogP contribution is -2.63. The Bertz CT molecular complexity index is 585. The zero-order valence-electron chi connectivity index (χ0n) is 11.5. The summed E-state index contributed by atoms with van der Waals surface area (Å²) in [5, 5.41) is 9.43. The van der Waals surface area contributed by atoms with Crippen LogP contribution in [0.4, 0.5) is 0 Å². The first-order chi connectivity index (χ1) is 9.50. The molecule has 1 N–H and O–H groups in total. The third kappa shape index (κ3) is 1.55. The van der Waals surface area contributed by atoms with Crippen molar-refractivity contribution >= 4 is 11.9 Å². The molecule has 3 atom stereocenters. The lowest BCUT2D eigenvalue weighted by molar-refractivity contribution is -0.180. The number of piperidine rings is 1. The Morgan fingerprint density at radius 2 is 2.20 bits per heavy atom. The molecule has 0 unspecified atom stereocenters. The van der Waals surface area contributed by atoms with Crippen molar-refractivity contribution in [2.75, 3.05) is 7.05 Å². The van der Waals surface area contributed by atoms with E-state index in [0.29, 0.717) is 18.6 Å². The van der Waals surface area contributed by atoms with Gasteiger partial charge < -0.3 is 14.7 Å². The number of benzene rings is 1. The number of fused-ring (bicyclic) bond motifs is 4. The number of hydrogen-bond acceptors (Lipinski definition) is 3. The Morgan fingerprint density at radius 1 is 1.50 bits per heavy atom. The third-order valence-corrected chi connectivity index (χ3v) is 4.59. The fourth-order valence-electron chi connectivity index (χ4n) is 3.40. The van der Waals surface area contributed by atoms with E-state index in [-0.39, 0.29) is 11.8 Å². The second-order valence-corrected chi connectivity index (χ2v) is 5.46. The molecular weight excluding hydrogens is 258 g/mol. The maximum atomic E-state index is 12.4. The molecule has 2 heterocycles. The largest absolute Gasteiger partial charge is 0.481 e. The van der Waals surface area contributed by atoms with E-state index in [4.69, 9.17) is 4.74 Å². The van der Waals surface area contributed by atoms with Crippen LogP contribution >= 0.6 is 0 Å². The van der Waals surface area contributed by atoms with Gasteiger partial charge in [0.25, 0.3) is 0 Å². The van der Waals surface area contributed by atoms with Crippen LogP contribution in [0.3, 0.4) is 0 Å². The standard InChI is InChI=1S/C15H17NO4/c1-3-15-8-10(9-6-4-5-7-11(9)20-15)12(14(18)19)13(17)16(15)2/h4-7,10,12H,3,8H2,1-2H3,(H,18,19)/t10-,12+,15-/m1/s1. The summed E-state index contributed by atoms with van der Waals surface area (Å²) in [5.74, 6) is -2.08. The van der Waals surface area contributed by atoms with Crippen molar-refractivity contribution in [1.82, 2.24) is 4.90 Å². The van der Waals surface area contributed by atoms with Crippen LogP contribution in [0.15, 0.2) is 24.3 Å². The Morgan fingerprint density at radius 3 is 2.85 bits per heavy atom. The van der Waals surface area contributed by atoms with Gasteiger partial charge in [0.2, 0.25) is 5.91 Å². The van der Waals surface area contributed by atoms with Gasteiger partial charge in [-0.05, 0) is 11.6 Å². The van der Waals surface area contributed by atoms with E-state index in [1.165, 1.54) is 4.90 Å². The number of carbonyl (C=O) groups is 2. The van der Waals surface area contributed by atoms with Crippen molar-refractivity contribution in [3.8, 4) is 5.75 Å². The number of nitrogens with zero attached hydrogens (tertiary/aromatic N) is 1. The molecule has 5 nitrogen and oxygen atoms in total. The van der Waals surface area contributed by atoms with Crippen LogP contribution < -0.4 is 4.74 Å². The molecule has 1 amide bonds. The van der Waals surface area contributed by atoms with E-state index in [1.54, 1.807) is 7.05 Å². The first-order valence-electron chi connectivity index (χ1n) is 6.78. The van der Waals surface area contributed by atoms with Gasteiger partial charge in [-0.15, -0.1) is 0 Å².